The van der Waals surface area contributed by atoms with Gasteiger partial charge >= 0.3 is 0 Å². The number of aromatic nitrogens is 3. The third kappa shape index (κ3) is 5.42. The van der Waals surface area contributed by atoms with Gasteiger partial charge in [-0.1, -0.05) is 35.9 Å². The number of hydrogen-bond acceptors (Lipinski definition) is 3. The zero-order valence-corrected chi connectivity index (χ0v) is 22.6. The van der Waals surface area contributed by atoms with Crippen LogP contribution in [0.4, 0.5) is 23.4 Å². The van der Waals surface area contributed by atoms with Crippen LogP contribution in [0.2, 0.25) is 5.02 Å². The van der Waals surface area contributed by atoms with Gasteiger partial charge in [0.2, 0.25) is 12.3 Å². The largest absolute Gasteiger partial charge is 0.353 e. The van der Waals surface area contributed by atoms with Gasteiger partial charge in [-0.25, -0.2) is 22.5 Å². The Morgan fingerprint density at radius 1 is 1.02 bits per heavy atom. The summed E-state index contributed by atoms with van der Waals surface area (Å²) < 4.78 is 55.6. The van der Waals surface area contributed by atoms with Gasteiger partial charge in [-0.3, -0.25) is 9.59 Å². The Kier molecular flexibility index (Phi) is 7.32. The van der Waals surface area contributed by atoms with E-state index < -0.39 is 36.3 Å². The summed E-state index contributed by atoms with van der Waals surface area (Å²) in [7, 11) is 0. The molecule has 42 heavy (non-hydrogen) atoms. The number of halogens is 5. The number of nitrogens with one attached hydrogen (secondary N) is 2. The average molecular weight is 595 g/mol. The van der Waals surface area contributed by atoms with Gasteiger partial charge in [0.15, 0.2) is 0 Å². The Morgan fingerprint density at radius 3 is 2.33 bits per heavy atom. The van der Waals surface area contributed by atoms with E-state index in [2.05, 4.69) is 15.3 Å². The molecule has 1 aliphatic rings. The summed E-state index contributed by atoms with van der Waals surface area (Å²) in [5.74, 6) is -2.91. The molecule has 1 aliphatic carbocycles. The molecule has 0 aliphatic heterocycles. The Labute approximate surface area is 242 Å². The Hall–Kier alpha value is -4.44. The number of carbonyl (C=O) groups is 1. The zero-order valence-electron chi connectivity index (χ0n) is 21.9. The summed E-state index contributed by atoms with van der Waals surface area (Å²) in [6.45, 7) is 0. The maximum atomic E-state index is 13.8. The van der Waals surface area contributed by atoms with Gasteiger partial charge in [-0.2, -0.15) is 0 Å². The number of fused-ring (bicyclic) bond motifs is 1. The molecule has 11 heteroatoms. The number of benzene rings is 2. The van der Waals surface area contributed by atoms with Crippen LogP contribution in [0.15, 0.2) is 77.9 Å². The molecule has 1 atom stereocenters. The predicted octanol–water partition coefficient (Wildman–Crippen LogP) is 7.70. The first kappa shape index (κ1) is 27.7. The van der Waals surface area contributed by atoms with Crippen LogP contribution in [0.1, 0.15) is 36.8 Å². The number of aromatic amines is 1. The molecule has 2 N–H and O–H groups in total. The standard InChI is InChI=1S/C31H23ClF4N4O2/c32-23-15-40(21-9-10-21)31(42)27-26(17-3-7-20(34)8-4-17)28(39-29(23)27)18-11-12-37-25(13-18)38-30(41)22(14-24(35)36)16-1-5-19(33)6-2-16/h1-8,11-13,15,21-22,24,39H,9-10,14H2,(H,37,38,41). The summed E-state index contributed by atoms with van der Waals surface area (Å²) in [5, 5.41) is 3.27. The van der Waals surface area contributed by atoms with Gasteiger partial charge in [-0.05, 0) is 60.4 Å². The van der Waals surface area contributed by atoms with Crippen LogP contribution in [-0.2, 0) is 4.79 Å². The van der Waals surface area contributed by atoms with E-state index in [0.717, 1.165) is 25.0 Å². The molecule has 1 amide bonds. The minimum Gasteiger partial charge on any atom is -0.353 e. The van der Waals surface area contributed by atoms with Crippen molar-refractivity contribution in [2.24, 2.45) is 0 Å². The highest BCUT2D eigenvalue weighted by molar-refractivity contribution is 6.35. The molecule has 214 valence electrons. The first-order valence-corrected chi connectivity index (χ1v) is 13.6. The van der Waals surface area contributed by atoms with E-state index in [-0.39, 0.29) is 23.0 Å². The number of hydrogen-bond donors (Lipinski definition) is 2. The molecule has 0 saturated heterocycles. The van der Waals surface area contributed by atoms with E-state index in [1.165, 1.54) is 36.5 Å². The van der Waals surface area contributed by atoms with Crippen molar-refractivity contribution in [3.05, 3.63) is 106 Å². The Balaban J connectivity index is 1.43. The average Bonchev–Trinajstić information content (AvgIpc) is 3.73. The Bertz CT molecular complexity index is 1850. The fourth-order valence-electron chi connectivity index (χ4n) is 5.15. The van der Waals surface area contributed by atoms with Crippen molar-refractivity contribution in [3.8, 4) is 22.4 Å². The van der Waals surface area contributed by atoms with Crippen LogP contribution in [0, 0.1) is 11.6 Å². The smallest absolute Gasteiger partial charge is 0.260 e. The lowest BCUT2D eigenvalue weighted by molar-refractivity contribution is -0.118. The quantitative estimate of drug-likeness (QED) is 0.181. The van der Waals surface area contributed by atoms with Crippen molar-refractivity contribution in [1.82, 2.24) is 14.5 Å². The molecule has 3 aromatic heterocycles. The maximum absolute atomic E-state index is 13.8. The second-order valence-corrected chi connectivity index (χ2v) is 10.6. The lowest BCUT2D eigenvalue weighted by atomic mass is 9.95. The molecule has 1 fully saturated rings. The monoisotopic (exact) mass is 594 g/mol. The highest BCUT2D eigenvalue weighted by Crippen LogP contribution is 2.41. The summed E-state index contributed by atoms with van der Waals surface area (Å²) in [6, 6.07) is 13.7. The van der Waals surface area contributed by atoms with Crippen LogP contribution >= 0.6 is 11.6 Å². The third-order valence-corrected chi connectivity index (χ3v) is 7.60. The lowest BCUT2D eigenvalue weighted by Gasteiger charge is -2.17. The first-order valence-electron chi connectivity index (χ1n) is 13.2. The molecule has 1 saturated carbocycles. The Morgan fingerprint density at radius 2 is 1.69 bits per heavy atom. The number of rotatable bonds is 8. The summed E-state index contributed by atoms with van der Waals surface area (Å²) in [6.07, 6.45) is 1.22. The SMILES string of the molecule is O=C(Nc1cc(-c2[nH]c3c(Cl)cn(C4CC4)c(=O)c3c2-c2ccc(F)cc2)ccn1)C(CC(F)F)c1ccc(F)cc1. The molecular weight excluding hydrogens is 572 g/mol. The molecule has 0 spiro atoms. The second kappa shape index (κ2) is 11.1. The van der Waals surface area contributed by atoms with E-state index in [9.17, 15) is 27.2 Å². The number of carbonyl (C=O) groups excluding carboxylic acids is 1. The number of anilines is 1. The number of amides is 1. The summed E-state index contributed by atoms with van der Waals surface area (Å²) in [4.78, 5) is 34.2. The van der Waals surface area contributed by atoms with Crippen molar-refractivity contribution < 1.29 is 22.4 Å². The van der Waals surface area contributed by atoms with Crippen LogP contribution < -0.4 is 10.9 Å². The third-order valence-electron chi connectivity index (χ3n) is 7.32. The normalized spacial score (nSPS) is 14.0. The highest BCUT2D eigenvalue weighted by Gasteiger charge is 2.29. The highest BCUT2D eigenvalue weighted by atomic mass is 35.5. The molecular formula is C31H23ClF4N4O2. The lowest BCUT2D eigenvalue weighted by Crippen LogP contribution is -2.23. The van der Waals surface area contributed by atoms with Gasteiger partial charge in [0.25, 0.3) is 5.56 Å². The van der Waals surface area contributed by atoms with E-state index in [1.807, 2.05) is 0 Å². The first-order chi connectivity index (χ1) is 20.2. The number of nitrogens with zero attached hydrogens (tertiary/aromatic N) is 2. The molecule has 3 heterocycles. The van der Waals surface area contributed by atoms with Gasteiger partial charge in [0.05, 0.1) is 27.5 Å². The summed E-state index contributed by atoms with van der Waals surface area (Å²) in [5.41, 5.74) is 2.45. The summed E-state index contributed by atoms with van der Waals surface area (Å²) >= 11 is 6.63. The molecule has 2 aromatic carbocycles. The predicted molar refractivity (Wildman–Crippen MR) is 153 cm³/mol. The van der Waals surface area contributed by atoms with Crippen LogP contribution in [0.5, 0.6) is 0 Å². The van der Waals surface area contributed by atoms with Gasteiger partial charge in [-0.15, -0.1) is 0 Å². The number of pyridine rings is 2. The van der Waals surface area contributed by atoms with Gasteiger partial charge < -0.3 is 14.9 Å². The molecule has 0 bridgehead atoms. The van der Waals surface area contributed by atoms with Gasteiger partial charge in [0, 0.05) is 36.0 Å². The van der Waals surface area contributed by atoms with Gasteiger partial charge in [0.1, 0.15) is 17.5 Å². The van der Waals surface area contributed by atoms with Crippen molar-refractivity contribution in [2.75, 3.05) is 5.32 Å². The van der Waals surface area contributed by atoms with Crippen molar-refractivity contribution in [3.63, 3.8) is 0 Å². The van der Waals surface area contributed by atoms with Crippen LogP contribution in [0.25, 0.3) is 33.3 Å². The fraction of sp³-hybridized carbons (Fsp3) is 0.194. The zero-order chi connectivity index (χ0) is 29.5. The van der Waals surface area contributed by atoms with Crippen molar-refractivity contribution in [2.45, 2.75) is 37.6 Å². The minimum absolute atomic E-state index is 0.0591. The van der Waals surface area contributed by atoms with E-state index >= 15 is 0 Å². The minimum atomic E-state index is -2.78. The fourth-order valence-corrected chi connectivity index (χ4v) is 5.40. The second-order valence-electron chi connectivity index (χ2n) is 10.2. The molecule has 6 nitrogen and oxygen atoms in total. The number of alkyl halides is 2. The molecule has 1 unspecified atom stereocenters. The van der Waals surface area contributed by atoms with E-state index in [4.69, 9.17) is 11.6 Å². The molecule has 0 radical (unpaired) electrons. The maximum Gasteiger partial charge on any atom is 0.260 e. The van der Waals surface area contributed by atoms with Crippen molar-refractivity contribution in [1.29, 1.82) is 0 Å². The molecule has 5 aromatic rings. The van der Waals surface area contributed by atoms with E-state index in [0.29, 0.717) is 38.3 Å². The van der Waals surface area contributed by atoms with E-state index in [1.54, 1.807) is 29.0 Å². The molecule has 6 rings (SSSR count). The van der Waals surface area contributed by atoms with Crippen LogP contribution in [0.3, 0.4) is 0 Å². The topological polar surface area (TPSA) is 79.8 Å². The van der Waals surface area contributed by atoms with Crippen LogP contribution in [-0.4, -0.2) is 26.9 Å². The number of H-pyrrole nitrogens is 1. The van der Waals surface area contributed by atoms with Crippen molar-refractivity contribution >= 4 is 34.2 Å².